The molecule has 2 aromatic carbocycles. The van der Waals surface area contributed by atoms with Gasteiger partial charge in [0.2, 0.25) is 0 Å². The molecule has 0 amide bonds. The summed E-state index contributed by atoms with van der Waals surface area (Å²) in [6.07, 6.45) is 2.02. The number of aromatic nitrogens is 1. The molecule has 1 aromatic heterocycles. The zero-order valence-corrected chi connectivity index (χ0v) is 11.4. The second kappa shape index (κ2) is 5.47. The topological polar surface area (TPSA) is 27.8 Å². The molecule has 20 heavy (non-hydrogen) atoms. The molecule has 2 nitrogen and oxygen atoms in total. The van der Waals surface area contributed by atoms with Crippen molar-refractivity contribution in [2.45, 2.75) is 19.5 Å². The molecular formula is C17H17FN2. The summed E-state index contributed by atoms with van der Waals surface area (Å²) in [6, 6.07) is 15.1. The molecule has 0 radical (unpaired) electrons. The van der Waals surface area contributed by atoms with E-state index in [4.69, 9.17) is 0 Å². The Labute approximate surface area is 117 Å². The maximum atomic E-state index is 13.2. The van der Waals surface area contributed by atoms with Crippen LogP contribution in [0.4, 0.5) is 4.39 Å². The zero-order chi connectivity index (χ0) is 13.9. The Morgan fingerprint density at radius 3 is 2.85 bits per heavy atom. The lowest BCUT2D eigenvalue weighted by molar-refractivity contribution is 0.566. The van der Waals surface area contributed by atoms with Gasteiger partial charge in [-0.1, -0.05) is 30.3 Å². The lowest BCUT2D eigenvalue weighted by Gasteiger charge is -2.14. The van der Waals surface area contributed by atoms with Crippen LogP contribution in [0.15, 0.2) is 54.7 Å². The van der Waals surface area contributed by atoms with Gasteiger partial charge in [-0.15, -0.1) is 0 Å². The number of benzene rings is 2. The van der Waals surface area contributed by atoms with E-state index < -0.39 is 0 Å². The number of rotatable bonds is 4. The lowest BCUT2D eigenvalue weighted by atomic mass is 10.1. The maximum Gasteiger partial charge on any atom is 0.123 e. The minimum atomic E-state index is -0.191. The van der Waals surface area contributed by atoms with Gasteiger partial charge in [0.05, 0.1) is 0 Å². The van der Waals surface area contributed by atoms with Crippen LogP contribution in [0.25, 0.3) is 10.9 Å². The van der Waals surface area contributed by atoms with E-state index in [0.717, 1.165) is 17.6 Å². The Kier molecular flexibility index (Phi) is 3.52. The van der Waals surface area contributed by atoms with Crippen molar-refractivity contribution in [2.75, 3.05) is 0 Å². The van der Waals surface area contributed by atoms with Crippen molar-refractivity contribution >= 4 is 10.9 Å². The van der Waals surface area contributed by atoms with Crippen LogP contribution in [-0.2, 0) is 6.54 Å². The molecule has 3 aromatic rings. The number of aromatic amines is 1. The molecule has 0 bridgehead atoms. The van der Waals surface area contributed by atoms with Crippen molar-refractivity contribution in [1.29, 1.82) is 0 Å². The summed E-state index contributed by atoms with van der Waals surface area (Å²) in [5, 5.41) is 4.66. The van der Waals surface area contributed by atoms with Gasteiger partial charge >= 0.3 is 0 Å². The molecule has 0 aliphatic carbocycles. The molecule has 0 fully saturated rings. The molecule has 3 rings (SSSR count). The summed E-state index contributed by atoms with van der Waals surface area (Å²) in [5.74, 6) is -0.191. The van der Waals surface area contributed by atoms with Gasteiger partial charge in [0.15, 0.2) is 0 Å². The molecule has 0 saturated carbocycles. The van der Waals surface area contributed by atoms with Crippen LogP contribution in [0.2, 0.25) is 0 Å². The predicted molar refractivity (Wildman–Crippen MR) is 80.0 cm³/mol. The second-order valence-electron chi connectivity index (χ2n) is 5.02. The number of para-hydroxylation sites is 1. The van der Waals surface area contributed by atoms with Crippen LogP contribution in [-0.4, -0.2) is 4.98 Å². The largest absolute Gasteiger partial charge is 0.361 e. The molecule has 102 valence electrons. The van der Waals surface area contributed by atoms with Gasteiger partial charge in [0.1, 0.15) is 5.82 Å². The minimum Gasteiger partial charge on any atom is -0.361 e. The lowest BCUT2D eigenvalue weighted by Crippen LogP contribution is -2.18. The maximum absolute atomic E-state index is 13.2. The Balaban J connectivity index is 1.73. The van der Waals surface area contributed by atoms with Crippen LogP contribution < -0.4 is 5.32 Å². The van der Waals surface area contributed by atoms with E-state index in [9.17, 15) is 4.39 Å². The highest BCUT2D eigenvalue weighted by atomic mass is 19.1. The fourth-order valence-corrected chi connectivity index (χ4v) is 2.43. The van der Waals surface area contributed by atoms with E-state index in [0.29, 0.717) is 0 Å². The summed E-state index contributed by atoms with van der Waals surface area (Å²) >= 11 is 0. The smallest absolute Gasteiger partial charge is 0.123 e. The van der Waals surface area contributed by atoms with Gasteiger partial charge in [-0.25, -0.2) is 4.39 Å². The monoisotopic (exact) mass is 268 g/mol. The molecule has 0 unspecified atom stereocenters. The molecule has 1 atom stereocenters. The number of hydrogen-bond acceptors (Lipinski definition) is 1. The standard InChI is InChI=1S/C17H17FN2/c1-12(13-5-4-6-15(18)9-13)19-10-14-11-20-17-8-3-2-7-16(14)17/h2-9,11-12,19-20H,10H2,1H3/t12-/m0/s1. The highest BCUT2D eigenvalue weighted by molar-refractivity contribution is 5.82. The van der Waals surface area contributed by atoms with Gasteiger partial charge < -0.3 is 10.3 Å². The molecule has 0 aliphatic rings. The van der Waals surface area contributed by atoms with Crippen LogP contribution >= 0.6 is 0 Å². The van der Waals surface area contributed by atoms with E-state index in [1.165, 1.54) is 17.0 Å². The minimum absolute atomic E-state index is 0.111. The molecule has 1 heterocycles. The van der Waals surface area contributed by atoms with E-state index in [-0.39, 0.29) is 11.9 Å². The first-order chi connectivity index (χ1) is 9.74. The summed E-state index contributed by atoms with van der Waals surface area (Å²) in [4.78, 5) is 3.26. The third-order valence-corrected chi connectivity index (χ3v) is 3.62. The van der Waals surface area contributed by atoms with Crippen molar-refractivity contribution in [3.63, 3.8) is 0 Å². The number of fused-ring (bicyclic) bond motifs is 1. The van der Waals surface area contributed by atoms with Crippen LogP contribution in [0.1, 0.15) is 24.1 Å². The van der Waals surface area contributed by atoms with E-state index in [1.54, 1.807) is 12.1 Å². The normalized spacial score (nSPS) is 12.7. The highest BCUT2D eigenvalue weighted by Crippen LogP contribution is 2.19. The fourth-order valence-electron chi connectivity index (χ4n) is 2.43. The molecule has 0 spiro atoms. The molecule has 0 aliphatic heterocycles. The van der Waals surface area contributed by atoms with Crippen LogP contribution in [0, 0.1) is 5.82 Å². The van der Waals surface area contributed by atoms with Crippen molar-refractivity contribution < 1.29 is 4.39 Å². The Morgan fingerprint density at radius 1 is 1.15 bits per heavy atom. The number of nitrogens with one attached hydrogen (secondary N) is 2. The number of halogens is 1. The second-order valence-corrected chi connectivity index (χ2v) is 5.02. The highest BCUT2D eigenvalue weighted by Gasteiger charge is 2.08. The Bertz CT molecular complexity index is 718. The molecule has 0 saturated heterocycles. The molecule has 2 N–H and O–H groups in total. The van der Waals surface area contributed by atoms with Gasteiger partial charge in [-0.05, 0) is 36.2 Å². The van der Waals surface area contributed by atoms with Crippen molar-refractivity contribution in [2.24, 2.45) is 0 Å². The van der Waals surface area contributed by atoms with Crippen LogP contribution in [0.5, 0.6) is 0 Å². The number of H-pyrrole nitrogens is 1. The summed E-state index contributed by atoms with van der Waals surface area (Å²) < 4.78 is 13.2. The van der Waals surface area contributed by atoms with Gasteiger partial charge in [-0.2, -0.15) is 0 Å². The number of hydrogen-bond donors (Lipinski definition) is 2. The molecule has 3 heteroatoms. The zero-order valence-electron chi connectivity index (χ0n) is 11.4. The summed E-state index contributed by atoms with van der Waals surface area (Å²) in [6.45, 7) is 2.80. The third-order valence-electron chi connectivity index (χ3n) is 3.62. The SMILES string of the molecule is C[C@H](NCc1c[nH]c2ccccc12)c1cccc(F)c1. The average molecular weight is 268 g/mol. The van der Waals surface area contributed by atoms with Crippen molar-refractivity contribution in [3.05, 3.63) is 71.7 Å². The quantitative estimate of drug-likeness (QED) is 0.730. The van der Waals surface area contributed by atoms with Gasteiger partial charge in [0, 0.05) is 29.7 Å². The first kappa shape index (κ1) is 12.9. The Hall–Kier alpha value is -2.13. The molecular weight excluding hydrogens is 251 g/mol. The van der Waals surface area contributed by atoms with Gasteiger partial charge in [-0.3, -0.25) is 0 Å². The summed E-state index contributed by atoms with van der Waals surface area (Å²) in [5.41, 5.74) is 3.33. The van der Waals surface area contributed by atoms with Crippen molar-refractivity contribution in [1.82, 2.24) is 10.3 Å². The third kappa shape index (κ3) is 2.58. The first-order valence-corrected chi connectivity index (χ1v) is 6.78. The van der Waals surface area contributed by atoms with E-state index in [1.807, 2.05) is 31.3 Å². The van der Waals surface area contributed by atoms with Crippen LogP contribution in [0.3, 0.4) is 0 Å². The summed E-state index contributed by atoms with van der Waals surface area (Å²) in [7, 11) is 0. The predicted octanol–water partition coefficient (Wildman–Crippen LogP) is 4.16. The van der Waals surface area contributed by atoms with E-state index >= 15 is 0 Å². The van der Waals surface area contributed by atoms with Crippen molar-refractivity contribution in [3.8, 4) is 0 Å². The Morgan fingerprint density at radius 2 is 2.00 bits per heavy atom. The van der Waals surface area contributed by atoms with Gasteiger partial charge in [0.25, 0.3) is 0 Å². The average Bonchev–Trinajstić information content (AvgIpc) is 2.88. The van der Waals surface area contributed by atoms with E-state index in [2.05, 4.69) is 22.4 Å². The fraction of sp³-hybridized carbons (Fsp3) is 0.176. The first-order valence-electron chi connectivity index (χ1n) is 6.78.